The average molecular weight is 236 g/mol. The molecule has 1 amide bonds. The number of aromatic amines is 1. The summed E-state index contributed by atoms with van der Waals surface area (Å²) in [6, 6.07) is 0.0212. The topological polar surface area (TPSA) is 123 Å². The maximum Gasteiger partial charge on any atom is 0.328 e. The zero-order valence-electron chi connectivity index (χ0n) is 9.44. The summed E-state index contributed by atoms with van der Waals surface area (Å²) in [5, 5.41) is 12.5. The highest BCUT2D eigenvalue weighted by molar-refractivity contribution is 6.05. The monoisotopic (exact) mass is 236 g/mol. The number of carbonyl (C=O) groups is 1. The van der Waals surface area contributed by atoms with E-state index >= 15 is 0 Å². The Bertz CT molecular complexity index is 543. The Morgan fingerprint density at radius 1 is 1.59 bits per heavy atom. The molecule has 2 rings (SSSR count). The minimum Gasteiger partial charge on any atom is -0.395 e. The van der Waals surface area contributed by atoms with Gasteiger partial charge in [-0.05, 0) is 13.3 Å². The van der Waals surface area contributed by atoms with Crippen LogP contribution in [0.25, 0.3) is 0 Å². The van der Waals surface area contributed by atoms with Gasteiger partial charge in [0, 0.05) is 0 Å². The molecular formula is C9H12N6O2. The minimum absolute atomic E-state index is 0.0212. The maximum absolute atomic E-state index is 11.8. The van der Waals surface area contributed by atoms with Gasteiger partial charge >= 0.3 is 6.01 Å². The third kappa shape index (κ3) is 2.10. The van der Waals surface area contributed by atoms with Crippen LogP contribution in [-0.4, -0.2) is 26.2 Å². The molecule has 90 valence electrons. The van der Waals surface area contributed by atoms with Gasteiger partial charge < -0.3 is 10.3 Å². The van der Waals surface area contributed by atoms with E-state index in [1.807, 2.05) is 6.92 Å². The number of H-pyrrole nitrogens is 1. The van der Waals surface area contributed by atoms with Crippen molar-refractivity contribution in [3.8, 4) is 0 Å². The van der Waals surface area contributed by atoms with Crippen LogP contribution < -0.4 is 11.1 Å². The Morgan fingerprint density at radius 2 is 2.35 bits per heavy atom. The fourth-order valence-electron chi connectivity index (χ4n) is 1.33. The largest absolute Gasteiger partial charge is 0.395 e. The Labute approximate surface area is 96.6 Å². The van der Waals surface area contributed by atoms with E-state index in [1.54, 1.807) is 6.92 Å². The predicted molar refractivity (Wildman–Crippen MR) is 59.4 cm³/mol. The van der Waals surface area contributed by atoms with Gasteiger partial charge in [0.05, 0.1) is 11.4 Å². The quantitative estimate of drug-likeness (QED) is 0.713. The van der Waals surface area contributed by atoms with E-state index in [1.165, 1.54) is 0 Å². The summed E-state index contributed by atoms with van der Waals surface area (Å²) in [5.74, 6) is -0.0494. The Hall–Kier alpha value is -2.38. The molecule has 17 heavy (non-hydrogen) atoms. The summed E-state index contributed by atoms with van der Waals surface area (Å²) >= 11 is 0. The minimum atomic E-state index is -0.484. The number of rotatable bonds is 3. The molecule has 4 N–H and O–H groups in total. The number of aromatic nitrogens is 4. The lowest BCUT2D eigenvalue weighted by atomic mass is 10.2. The van der Waals surface area contributed by atoms with Crippen LogP contribution in [-0.2, 0) is 6.42 Å². The molecule has 0 aliphatic rings. The van der Waals surface area contributed by atoms with Gasteiger partial charge in [-0.25, -0.2) is 0 Å². The second-order valence-electron chi connectivity index (χ2n) is 3.42. The van der Waals surface area contributed by atoms with E-state index in [2.05, 4.69) is 25.7 Å². The van der Waals surface area contributed by atoms with Crippen molar-refractivity contribution in [1.82, 2.24) is 20.3 Å². The van der Waals surface area contributed by atoms with Gasteiger partial charge in [-0.3, -0.25) is 15.2 Å². The normalized spacial score (nSPS) is 10.5. The van der Waals surface area contributed by atoms with Gasteiger partial charge in [0.1, 0.15) is 0 Å². The molecule has 0 atom stereocenters. The van der Waals surface area contributed by atoms with Crippen molar-refractivity contribution in [2.45, 2.75) is 20.3 Å². The molecule has 2 aromatic heterocycles. The van der Waals surface area contributed by atoms with Crippen LogP contribution >= 0.6 is 0 Å². The SMILES string of the molecule is CCc1[nH]nc(C(=O)Nc2nc(C)no2)c1N. The molecule has 8 nitrogen and oxygen atoms in total. The first kappa shape index (κ1) is 11.1. The molecule has 0 unspecified atom stereocenters. The summed E-state index contributed by atoms with van der Waals surface area (Å²) < 4.78 is 4.76. The zero-order valence-corrected chi connectivity index (χ0v) is 9.44. The van der Waals surface area contributed by atoms with Crippen molar-refractivity contribution in [3.05, 3.63) is 17.2 Å². The molecule has 0 fully saturated rings. The lowest BCUT2D eigenvalue weighted by Crippen LogP contribution is -2.14. The van der Waals surface area contributed by atoms with E-state index in [4.69, 9.17) is 10.3 Å². The Morgan fingerprint density at radius 3 is 2.88 bits per heavy atom. The highest BCUT2D eigenvalue weighted by Gasteiger charge is 2.18. The molecule has 0 saturated heterocycles. The Balaban J connectivity index is 2.17. The van der Waals surface area contributed by atoms with Gasteiger partial charge in [0.25, 0.3) is 5.91 Å². The van der Waals surface area contributed by atoms with Crippen LogP contribution in [0.15, 0.2) is 4.52 Å². The van der Waals surface area contributed by atoms with Crippen LogP contribution in [0.5, 0.6) is 0 Å². The molecule has 2 heterocycles. The van der Waals surface area contributed by atoms with Crippen molar-refractivity contribution >= 4 is 17.6 Å². The van der Waals surface area contributed by atoms with E-state index in [0.717, 1.165) is 5.69 Å². The molecule has 0 aliphatic heterocycles. The average Bonchev–Trinajstić information content (AvgIpc) is 2.85. The van der Waals surface area contributed by atoms with Crippen LogP contribution in [0.1, 0.15) is 28.9 Å². The van der Waals surface area contributed by atoms with E-state index in [-0.39, 0.29) is 11.7 Å². The van der Waals surface area contributed by atoms with E-state index in [0.29, 0.717) is 17.9 Å². The van der Waals surface area contributed by atoms with Gasteiger partial charge in [0.15, 0.2) is 11.5 Å². The van der Waals surface area contributed by atoms with Crippen LogP contribution in [0.4, 0.5) is 11.7 Å². The van der Waals surface area contributed by atoms with Crippen molar-refractivity contribution in [3.63, 3.8) is 0 Å². The third-order valence-electron chi connectivity index (χ3n) is 2.20. The van der Waals surface area contributed by atoms with Crippen molar-refractivity contribution in [2.24, 2.45) is 0 Å². The van der Waals surface area contributed by atoms with E-state index in [9.17, 15) is 4.79 Å². The third-order valence-corrected chi connectivity index (χ3v) is 2.20. The summed E-state index contributed by atoms with van der Waals surface area (Å²) in [4.78, 5) is 15.6. The van der Waals surface area contributed by atoms with Crippen LogP contribution in [0.2, 0.25) is 0 Å². The van der Waals surface area contributed by atoms with Gasteiger partial charge in [0.2, 0.25) is 0 Å². The molecule has 0 radical (unpaired) electrons. The zero-order chi connectivity index (χ0) is 12.4. The molecular weight excluding hydrogens is 224 g/mol. The number of aryl methyl sites for hydroxylation is 2. The first-order chi connectivity index (χ1) is 8.11. The van der Waals surface area contributed by atoms with Gasteiger partial charge in [-0.15, -0.1) is 0 Å². The fourth-order valence-corrected chi connectivity index (χ4v) is 1.33. The van der Waals surface area contributed by atoms with Gasteiger partial charge in [-0.1, -0.05) is 12.1 Å². The van der Waals surface area contributed by atoms with Crippen LogP contribution in [0.3, 0.4) is 0 Å². The summed E-state index contributed by atoms with van der Waals surface area (Å²) in [6.07, 6.45) is 0.672. The van der Waals surface area contributed by atoms with E-state index < -0.39 is 5.91 Å². The second-order valence-corrected chi connectivity index (χ2v) is 3.42. The number of hydrogen-bond donors (Lipinski definition) is 3. The second kappa shape index (κ2) is 4.24. The predicted octanol–water partition coefficient (Wildman–Crippen LogP) is 0.498. The fraction of sp³-hybridized carbons (Fsp3) is 0.333. The number of hydrogen-bond acceptors (Lipinski definition) is 6. The highest BCUT2D eigenvalue weighted by atomic mass is 16.5. The van der Waals surface area contributed by atoms with Crippen molar-refractivity contribution in [1.29, 1.82) is 0 Å². The summed E-state index contributed by atoms with van der Waals surface area (Å²) in [5.41, 5.74) is 6.93. The number of nitrogens with zero attached hydrogens (tertiary/aromatic N) is 3. The van der Waals surface area contributed by atoms with Crippen LogP contribution in [0, 0.1) is 6.92 Å². The number of nitrogens with one attached hydrogen (secondary N) is 2. The van der Waals surface area contributed by atoms with Crippen molar-refractivity contribution < 1.29 is 9.32 Å². The maximum atomic E-state index is 11.8. The Kier molecular flexibility index (Phi) is 2.77. The molecule has 0 aliphatic carbocycles. The molecule has 0 bridgehead atoms. The van der Waals surface area contributed by atoms with Crippen molar-refractivity contribution in [2.75, 3.05) is 11.1 Å². The molecule has 0 aromatic carbocycles. The standard InChI is InChI=1S/C9H12N6O2/c1-3-5-6(10)7(14-13-5)8(16)12-9-11-4(2)15-17-9/h3,10H2,1-2H3,(H,13,14)(H,11,12,15,16). The van der Waals surface area contributed by atoms with Gasteiger partial charge in [-0.2, -0.15) is 10.1 Å². The summed E-state index contributed by atoms with van der Waals surface area (Å²) in [7, 11) is 0. The summed E-state index contributed by atoms with van der Waals surface area (Å²) in [6.45, 7) is 3.56. The molecule has 0 spiro atoms. The lowest BCUT2D eigenvalue weighted by Gasteiger charge is -1.97. The molecule has 0 saturated carbocycles. The number of anilines is 2. The smallest absolute Gasteiger partial charge is 0.328 e. The number of carbonyl (C=O) groups excluding carboxylic acids is 1. The highest BCUT2D eigenvalue weighted by Crippen LogP contribution is 2.15. The number of amides is 1. The number of nitrogens with two attached hydrogens (primary N) is 1. The lowest BCUT2D eigenvalue weighted by molar-refractivity contribution is 0.101. The molecule has 2 aromatic rings. The first-order valence-corrected chi connectivity index (χ1v) is 5.06. The first-order valence-electron chi connectivity index (χ1n) is 5.06. The molecule has 8 heteroatoms. The number of nitrogen functional groups attached to an aromatic ring is 1.